The molecule has 3 nitrogen and oxygen atoms in total. The van der Waals surface area contributed by atoms with E-state index in [-0.39, 0.29) is 24.8 Å². The smallest absolute Gasteiger partial charge is 0.223 e. The number of halogens is 2. The van der Waals surface area contributed by atoms with E-state index < -0.39 is 0 Å². The Morgan fingerprint density at radius 2 is 1.88 bits per heavy atom. The van der Waals surface area contributed by atoms with E-state index in [1.807, 2.05) is 0 Å². The number of hydrogen-bond donors (Lipinski definition) is 1. The van der Waals surface area contributed by atoms with E-state index in [4.69, 9.17) is 0 Å². The van der Waals surface area contributed by atoms with Crippen LogP contribution in [0.1, 0.15) is 32.1 Å². The standard InChI is InChI=1S/C11H18N2O.2ClH/c14-11-4-1-8-7-12-6-5-10(8)13(11)9-2-3-9;;/h8-10,12H,1-7H2;2*1H. The first-order valence-corrected chi connectivity index (χ1v) is 5.88. The Labute approximate surface area is 109 Å². The van der Waals surface area contributed by atoms with Gasteiger partial charge in [-0.15, -0.1) is 24.8 Å². The third-order valence-electron chi connectivity index (χ3n) is 3.88. The number of likely N-dealkylation sites (tertiary alicyclic amines) is 1. The van der Waals surface area contributed by atoms with Crippen LogP contribution >= 0.6 is 24.8 Å². The molecule has 2 heterocycles. The number of fused-ring (bicyclic) bond motifs is 1. The average Bonchev–Trinajstić information content (AvgIpc) is 3.01. The highest BCUT2D eigenvalue weighted by molar-refractivity contribution is 5.85. The van der Waals surface area contributed by atoms with Crippen molar-refractivity contribution in [2.75, 3.05) is 13.1 Å². The maximum Gasteiger partial charge on any atom is 0.223 e. The fraction of sp³-hybridized carbons (Fsp3) is 0.909. The predicted octanol–water partition coefficient (Wildman–Crippen LogP) is 1.59. The zero-order valence-electron chi connectivity index (χ0n) is 9.35. The van der Waals surface area contributed by atoms with Crippen molar-refractivity contribution in [1.29, 1.82) is 0 Å². The molecule has 1 amide bonds. The van der Waals surface area contributed by atoms with E-state index >= 15 is 0 Å². The van der Waals surface area contributed by atoms with Gasteiger partial charge in [0.15, 0.2) is 0 Å². The molecular weight excluding hydrogens is 247 g/mol. The fourth-order valence-electron chi connectivity index (χ4n) is 3.02. The first kappa shape index (κ1) is 14.1. The summed E-state index contributed by atoms with van der Waals surface area (Å²) in [4.78, 5) is 14.1. The molecule has 2 saturated heterocycles. The van der Waals surface area contributed by atoms with E-state index in [1.165, 1.54) is 19.3 Å². The molecule has 3 fully saturated rings. The van der Waals surface area contributed by atoms with Crippen LogP contribution in [-0.2, 0) is 4.79 Å². The van der Waals surface area contributed by atoms with Crippen molar-refractivity contribution in [3.63, 3.8) is 0 Å². The molecule has 5 heteroatoms. The molecule has 2 atom stereocenters. The van der Waals surface area contributed by atoms with Crippen LogP contribution in [0.3, 0.4) is 0 Å². The van der Waals surface area contributed by atoms with Crippen molar-refractivity contribution in [3.05, 3.63) is 0 Å². The molecule has 0 spiro atoms. The van der Waals surface area contributed by atoms with Crippen LogP contribution in [0, 0.1) is 5.92 Å². The quantitative estimate of drug-likeness (QED) is 0.782. The Bertz CT molecular complexity index is 258. The molecule has 3 aliphatic rings. The van der Waals surface area contributed by atoms with Crippen LogP contribution in [0.25, 0.3) is 0 Å². The number of piperidine rings is 2. The van der Waals surface area contributed by atoms with Crippen LogP contribution in [0.4, 0.5) is 0 Å². The molecule has 94 valence electrons. The maximum absolute atomic E-state index is 11.8. The number of nitrogens with zero attached hydrogens (tertiary/aromatic N) is 1. The SMILES string of the molecule is Cl.Cl.O=C1CCC2CNCCC2N1C1CC1. The summed E-state index contributed by atoms with van der Waals surface area (Å²) in [7, 11) is 0. The lowest BCUT2D eigenvalue weighted by Gasteiger charge is -2.44. The third kappa shape index (κ3) is 2.47. The van der Waals surface area contributed by atoms with Crippen LogP contribution in [-0.4, -0.2) is 36.0 Å². The Hall–Kier alpha value is 0.01000. The van der Waals surface area contributed by atoms with Crippen molar-refractivity contribution in [1.82, 2.24) is 10.2 Å². The Kier molecular flexibility index (Phi) is 4.89. The van der Waals surface area contributed by atoms with Gasteiger partial charge in [-0.25, -0.2) is 0 Å². The average molecular weight is 267 g/mol. The normalized spacial score (nSPS) is 33.5. The van der Waals surface area contributed by atoms with Crippen LogP contribution in [0.2, 0.25) is 0 Å². The highest BCUT2D eigenvalue weighted by Gasteiger charge is 2.43. The largest absolute Gasteiger partial charge is 0.336 e. The topological polar surface area (TPSA) is 32.3 Å². The van der Waals surface area contributed by atoms with E-state index in [0.717, 1.165) is 31.8 Å². The second-order valence-corrected chi connectivity index (χ2v) is 4.89. The van der Waals surface area contributed by atoms with Crippen LogP contribution < -0.4 is 5.32 Å². The van der Waals surface area contributed by atoms with E-state index in [1.54, 1.807) is 0 Å². The van der Waals surface area contributed by atoms with Gasteiger partial charge < -0.3 is 10.2 Å². The summed E-state index contributed by atoms with van der Waals surface area (Å²) in [5.74, 6) is 1.16. The number of amides is 1. The van der Waals surface area contributed by atoms with Crippen LogP contribution in [0.5, 0.6) is 0 Å². The minimum absolute atomic E-state index is 0. The number of carbonyl (C=O) groups excluding carboxylic acids is 1. The number of carbonyl (C=O) groups is 1. The molecule has 0 radical (unpaired) electrons. The van der Waals surface area contributed by atoms with Gasteiger partial charge in [-0.05, 0) is 44.7 Å². The fourth-order valence-corrected chi connectivity index (χ4v) is 3.02. The summed E-state index contributed by atoms with van der Waals surface area (Å²) < 4.78 is 0. The molecule has 16 heavy (non-hydrogen) atoms. The Morgan fingerprint density at radius 1 is 1.12 bits per heavy atom. The zero-order valence-corrected chi connectivity index (χ0v) is 11.0. The van der Waals surface area contributed by atoms with Crippen molar-refractivity contribution < 1.29 is 4.79 Å². The zero-order chi connectivity index (χ0) is 9.54. The first-order chi connectivity index (χ1) is 6.86. The maximum atomic E-state index is 11.8. The van der Waals surface area contributed by atoms with Gasteiger partial charge in [0, 0.05) is 18.5 Å². The molecule has 1 saturated carbocycles. The minimum atomic E-state index is 0. The second-order valence-electron chi connectivity index (χ2n) is 4.89. The van der Waals surface area contributed by atoms with Gasteiger partial charge in [-0.3, -0.25) is 4.79 Å². The van der Waals surface area contributed by atoms with Crippen molar-refractivity contribution in [2.45, 2.75) is 44.2 Å². The number of hydrogen-bond acceptors (Lipinski definition) is 2. The van der Waals surface area contributed by atoms with Gasteiger partial charge in [-0.2, -0.15) is 0 Å². The molecule has 2 aliphatic heterocycles. The monoisotopic (exact) mass is 266 g/mol. The third-order valence-corrected chi connectivity index (χ3v) is 3.88. The van der Waals surface area contributed by atoms with Gasteiger partial charge in [0.25, 0.3) is 0 Å². The molecule has 1 aliphatic carbocycles. The molecule has 0 aromatic rings. The predicted molar refractivity (Wildman–Crippen MR) is 68.4 cm³/mol. The summed E-state index contributed by atoms with van der Waals surface area (Å²) in [6.07, 6.45) is 5.58. The summed E-state index contributed by atoms with van der Waals surface area (Å²) in [6.45, 7) is 2.22. The van der Waals surface area contributed by atoms with E-state index in [0.29, 0.717) is 18.0 Å². The van der Waals surface area contributed by atoms with E-state index in [2.05, 4.69) is 10.2 Å². The number of rotatable bonds is 1. The van der Waals surface area contributed by atoms with E-state index in [9.17, 15) is 4.79 Å². The summed E-state index contributed by atoms with van der Waals surface area (Å²) in [6, 6.07) is 1.19. The lowest BCUT2D eigenvalue weighted by Crippen LogP contribution is -2.55. The Balaban J connectivity index is 0.000000640. The van der Waals surface area contributed by atoms with Crippen LogP contribution in [0.15, 0.2) is 0 Å². The first-order valence-electron chi connectivity index (χ1n) is 5.88. The van der Waals surface area contributed by atoms with Gasteiger partial charge in [0.1, 0.15) is 0 Å². The molecular formula is C11H20Cl2N2O. The molecule has 2 unspecified atom stereocenters. The molecule has 3 rings (SSSR count). The van der Waals surface area contributed by atoms with Gasteiger partial charge in [0.2, 0.25) is 5.91 Å². The minimum Gasteiger partial charge on any atom is -0.336 e. The van der Waals surface area contributed by atoms with Crippen molar-refractivity contribution >= 4 is 30.7 Å². The van der Waals surface area contributed by atoms with Crippen molar-refractivity contribution in [2.24, 2.45) is 5.92 Å². The summed E-state index contributed by atoms with van der Waals surface area (Å²) in [5.41, 5.74) is 0. The van der Waals surface area contributed by atoms with Crippen molar-refractivity contribution in [3.8, 4) is 0 Å². The number of nitrogens with one attached hydrogen (secondary N) is 1. The summed E-state index contributed by atoms with van der Waals surface area (Å²) in [5, 5.41) is 3.44. The molecule has 0 aromatic carbocycles. The van der Waals surface area contributed by atoms with Gasteiger partial charge in [-0.1, -0.05) is 0 Å². The molecule has 1 N–H and O–H groups in total. The highest BCUT2D eigenvalue weighted by Crippen LogP contribution is 2.37. The highest BCUT2D eigenvalue weighted by atomic mass is 35.5. The molecule has 0 aromatic heterocycles. The second kappa shape index (κ2) is 5.56. The van der Waals surface area contributed by atoms with Gasteiger partial charge >= 0.3 is 0 Å². The summed E-state index contributed by atoms with van der Waals surface area (Å²) >= 11 is 0. The lowest BCUT2D eigenvalue weighted by atomic mass is 9.84. The van der Waals surface area contributed by atoms with Gasteiger partial charge in [0.05, 0.1) is 0 Å². The lowest BCUT2D eigenvalue weighted by molar-refractivity contribution is -0.140. The Morgan fingerprint density at radius 3 is 2.56 bits per heavy atom. The molecule has 0 bridgehead atoms.